The Morgan fingerprint density at radius 1 is 1.15 bits per heavy atom. The quantitative estimate of drug-likeness (QED) is 0.335. The maximum atomic E-state index is 12.0. The number of anilines is 1. The summed E-state index contributed by atoms with van der Waals surface area (Å²) in [6, 6.07) is 12.8. The van der Waals surface area contributed by atoms with Gasteiger partial charge in [-0.05, 0) is 30.7 Å². The van der Waals surface area contributed by atoms with Gasteiger partial charge in [-0.2, -0.15) is 0 Å². The number of nitro groups is 1. The highest BCUT2D eigenvalue weighted by molar-refractivity contribution is 6.02. The molecule has 0 spiro atoms. The van der Waals surface area contributed by atoms with Crippen molar-refractivity contribution in [2.75, 3.05) is 5.32 Å². The molecular formula is C19H14N2O5. The van der Waals surface area contributed by atoms with Crippen molar-refractivity contribution < 1.29 is 14.1 Å². The maximum absolute atomic E-state index is 12.0. The summed E-state index contributed by atoms with van der Waals surface area (Å²) in [5, 5.41) is 13.6. The van der Waals surface area contributed by atoms with Crippen LogP contribution in [0.3, 0.4) is 0 Å². The first-order valence-corrected chi connectivity index (χ1v) is 7.70. The molecule has 1 aromatic heterocycles. The van der Waals surface area contributed by atoms with Gasteiger partial charge in [0.2, 0.25) is 5.91 Å². The van der Waals surface area contributed by atoms with Crippen molar-refractivity contribution in [1.82, 2.24) is 0 Å². The van der Waals surface area contributed by atoms with Gasteiger partial charge >= 0.3 is 5.63 Å². The summed E-state index contributed by atoms with van der Waals surface area (Å²) < 4.78 is 5.09. The van der Waals surface area contributed by atoms with E-state index < -0.39 is 16.5 Å². The number of rotatable bonds is 4. The van der Waals surface area contributed by atoms with Crippen molar-refractivity contribution in [3.63, 3.8) is 0 Å². The van der Waals surface area contributed by atoms with Crippen LogP contribution >= 0.6 is 0 Å². The standard InChI is InChI=1S/C19H14N2O5/c1-12-2-4-13(5-3-12)6-9-18(22)20-16-11-14-10-15(21(24)25)7-8-17(14)26-19(16)23/h2-11H,1H3,(H,20,22). The average Bonchev–Trinajstić information content (AvgIpc) is 2.61. The maximum Gasteiger partial charge on any atom is 0.360 e. The fourth-order valence-electron chi connectivity index (χ4n) is 2.34. The van der Waals surface area contributed by atoms with Gasteiger partial charge in [-0.25, -0.2) is 4.79 Å². The number of aryl methyl sites for hydroxylation is 1. The van der Waals surface area contributed by atoms with E-state index in [1.807, 2.05) is 31.2 Å². The lowest BCUT2D eigenvalue weighted by molar-refractivity contribution is -0.384. The zero-order valence-electron chi connectivity index (χ0n) is 13.8. The Kier molecular flexibility index (Phi) is 4.62. The zero-order chi connectivity index (χ0) is 18.7. The summed E-state index contributed by atoms with van der Waals surface area (Å²) in [6.45, 7) is 1.96. The average molecular weight is 350 g/mol. The molecule has 0 saturated heterocycles. The van der Waals surface area contributed by atoms with Crippen molar-refractivity contribution in [2.45, 2.75) is 6.92 Å². The topological polar surface area (TPSA) is 102 Å². The van der Waals surface area contributed by atoms with E-state index in [4.69, 9.17) is 4.42 Å². The molecule has 26 heavy (non-hydrogen) atoms. The van der Waals surface area contributed by atoms with Gasteiger partial charge in [0, 0.05) is 23.6 Å². The van der Waals surface area contributed by atoms with Crippen LogP contribution in [0.25, 0.3) is 17.0 Å². The first-order chi connectivity index (χ1) is 12.4. The number of fused-ring (bicyclic) bond motifs is 1. The third kappa shape index (κ3) is 3.84. The van der Waals surface area contributed by atoms with E-state index in [1.165, 1.54) is 30.3 Å². The molecule has 130 valence electrons. The SMILES string of the molecule is Cc1ccc(C=CC(=O)Nc2cc3cc([N+](=O)[O-])ccc3oc2=O)cc1. The van der Waals surface area contributed by atoms with Gasteiger partial charge in [0.1, 0.15) is 11.3 Å². The summed E-state index contributed by atoms with van der Waals surface area (Å²) in [6.07, 6.45) is 2.91. The fourth-order valence-corrected chi connectivity index (χ4v) is 2.34. The van der Waals surface area contributed by atoms with Crippen molar-refractivity contribution in [1.29, 1.82) is 0 Å². The molecule has 3 rings (SSSR count). The smallest absolute Gasteiger partial charge is 0.360 e. The molecule has 1 N–H and O–H groups in total. The molecule has 3 aromatic rings. The Balaban J connectivity index is 1.84. The Morgan fingerprint density at radius 3 is 2.58 bits per heavy atom. The minimum Gasteiger partial charge on any atom is -0.421 e. The number of nitrogens with one attached hydrogen (secondary N) is 1. The summed E-state index contributed by atoms with van der Waals surface area (Å²) in [5.41, 5.74) is 1.19. The van der Waals surface area contributed by atoms with E-state index in [-0.39, 0.29) is 17.0 Å². The largest absolute Gasteiger partial charge is 0.421 e. The highest BCUT2D eigenvalue weighted by Gasteiger charge is 2.11. The summed E-state index contributed by atoms with van der Waals surface area (Å²) >= 11 is 0. The molecule has 0 saturated carbocycles. The number of nitrogens with zero attached hydrogens (tertiary/aromatic N) is 1. The van der Waals surface area contributed by atoms with E-state index >= 15 is 0 Å². The van der Waals surface area contributed by atoms with E-state index in [0.29, 0.717) is 5.39 Å². The van der Waals surface area contributed by atoms with Gasteiger partial charge in [-0.15, -0.1) is 0 Å². The molecule has 1 amide bonds. The highest BCUT2D eigenvalue weighted by atomic mass is 16.6. The lowest BCUT2D eigenvalue weighted by Crippen LogP contribution is -2.15. The van der Waals surface area contributed by atoms with Crippen molar-refractivity contribution >= 4 is 34.3 Å². The van der Waals surface area contributed by atoms with Crippen LogP contribution in [0.2, 0.25) is 0 Å². The minimum absolute atomic E-state index is 0.0865. The van der Waals surface area contributed by atoms with Crippen LogP contribution in [0, 0.1) is 17.0 Å². The van der Waals surface area contributed by atoms with Crippen molar-refractivity contribution in [2.24, 2.45) is 0 Å². The third-order valence-corrected chi connectivity index (χ3v) is 3.69. The fraction of sp³-hybridized carbons (Fsp3) is 0.0526. The molecule has 7 nitrogen and oxygen atoms in total. The van der Waals surface area contributed by atoms with Gasteiger partial charge in [0.05, 0.1) is 4.92 Å². The molecule has 7 heteroatoms. The van der Waals surface area contributed by atoms with Crippen LogP contribution in [0.5, 0.6) is 0 Å². The lowest BCUT2D eigenvalue weighted by Gasteiger charge is -2.03. The Labute approximate surface area is 147 Å². The van der Waals surface area contributed by atoms with Gasteiger partial charge in [-0.1, -0.05) is 29.8 Å². The molecule has 0 fully saturated rings. The van der Waals surface area contributed by atoms with Crippen LogP contribution in [0.4, 0.5) is 11.4 Å². The molecule has 1 heterocycles. The third-order valence-electron chi connectivity index (χ3n) is 3.69. The first-order valence-electron chi connectivity index (χ1n) is 7.70. The van der Waals surface area contributed by atoms with Gasteiger partial charge in [-0.3, -0.25) is 14.9 Å². The van der Waals surface area contributed by atoms with Crippen LogP contribution in [0.1, 0.15) is 11.1 Å². The Bertz CT molecular complexity index is 1080. The number of hydrogen-bond donors (Lipinski definition) is 1. The summed E-state index contributed by atoms with van der Waals surface area (Å²) in [4.78, 5) is 34.3. The molecule has 0 radical (unpaired) electrons. The predicted octanol–water partition coefficient (Wildman–Crippen LogP) is 3.66. The number of non-ortho nitro benzene ring substituents is 1. The van der Waals surface area contributed by atoms with Crippen LogP contribution < -0.4 is 10.9 Å². The molecule has 0 bridgehead atoms. The monoisotopic (exact) mass is 350 g/mol. The number of benzene rings is 2. The summed E-state index contributed by atoms with van der Waals surface area (Å²) in [5.74, 6) is -0.511. The van der Waals surface area contributed by atoms with E-state index in [9.17, 15) is 19.7 Å². The van der Waals surface area contributed by atoms with E-state index in [1.54, 1.807) is 6.08 Å². The number of amides is 1. The van der Waals surface area contributed by atoms with Gasteiger partial charge in [0.15, 0.2) is 0 Å². The summed E-state index contributed by atoms with van der Waals surface area (Å²) in [7, 11) is 0. The molecule has 0 atom stereocenters. The molecule has 0 aliphatic heterocycles. The Hall–Kier alpha value is -3.74. The number of nitro benzene ring substituents is 1. The molecule has 0 unspecified atom stereocenters. The van der Waals surface area contributed by atoms with Crippen LogP contribution in [-0.4, -0.2) is 10.8 Å². The van der Waals surface area contributed by atoms with Crippen LogP contribution in [-0.2, 0) is 4.79 Å². The van der Waals surface area contributed by atoms with Crippen molar-refractivity contribution in [3.05, 3.63) is 86.3 Å². The van der Waals surface area contributed by atoms with Crippen molar-refractivity contribution in [3.8, 4) is 0 Å². The number of carbonyl (C=O) groups is 1. The molecule has 2 aromatic carbocycles. The Morgan fingerprint density at radius 2 is 1.88 bits per heavy atom. The second-order valence-electron chi connectivity index (χ2n) is 5.66. The molecule has 0 aliphatic rings. The van der Waals surface area contributed by atoms with Gasteiger partial charge < -0.3 is 9.73 Å². The predicted molar refractivity (Wildman–Crippen MR) is 98.0 cm³/mol. The second-order valence-corrected chi connectivity index (χ2v) is 5.66. The number of carbonyl (C=O) groups excluding carboxylic acids is 1. The minimum atomic E-state index is -0.733. The molecular weight excluding hydrogens is 336 g/mol. The first kappa shape index (κ1) is 17.1. The lowest BCUT2D eigenvalue weighted by atomic mass is 10.1. The number of hydrogen-bond acceptors (Lipinski definition) is 5. The second kappa shape index (κ2) is 7.02. The molecule has 0 aliphatic carbocycles. The zero-order valence-corrected chi connectivity index (χ0v) is 13.8. The van der Waals surface area contributed by atoms with Crippen LogP contribution in [0.15, 0.2) is 63.8 Å². The highest BCUT2D eigenvalue weighted by Crippen LogP contribution is 2.21. The normalized spacial score (nSPS) is 11.0. The van der Waals surface area contributed by atoms with E-state index in [2.05, 4.69) is 5.32 Å². The van der Waals surface area contributed by atoms with Gasteiger partial charge in [0.25, 0.3) is 5.69 Å². The van der Waals surface area contributed by atoms with E-state index in [0.717, 1.165) is 11.1 Å².